The van der Waals surface area contributed by atoms with Crippen LogP contribution in [0, 0.1) is 13.8 Å². The lowest BCUT2D eigenvalue weighted by Gasteiger charge is -2.09. The van der Waals surface area contributed by atoms with Gasteiger partial charge in [-0.2, -0.15) is 0 Å². The number of carbonyl (C=O) groups is 1. The van der Waals surface area contributed by atoms with Crippen LogP contribution in [-0.4, -0.2) is 36.1 Å². The van der Waals surface area contributed by atoms with E-state index in [1.54, 1.807) is 7.11 Å². The third-order valence-corrected chi connectivity index (χ3v) is 3.13. The van der Waals surface area contributed by atoms with Crippen LogP contribution in [0.25, 0.3) is 0 Å². The first-order valence-electron chi connectivity index (χ1n) is 7.03. The van der Waals surface area contributed by atoms with Gasteiger partial charge in [0, 0.05) is 31.7 Å². The molecule has 0 aliphatic heterocycles. The summed E-state index contributed by atoms with van der Waals surface area (Å²) < 4.78 is 4.88. The van der Waals surface area contributed by atoms with Crippen LogP contribution < -0.4 is 10.6 Å². The number of methoxy groups -OCH3 is 1. The van der Waals surface area contributed by atoms with Gasteiger partial charge in [-0.3, -0.25) is 4.79 Å². The first kappa shape index (κ1) is 15.9. The molecule has 0 bridgehead atoms. The topological polar surface area (TPSA) is 76.1 Å². The molecule has 2 rings (SSSR count). The molecule has 0 aliphatic carbocycles. The van der Waals surface area contributed by atoms with Crippen LogP contribution >= 0.6 is 0 Å². The third-order valence-electron chi connectivity index (χ3n) is 3.13. The van der Waals surface area contributed by atoms with E-state index in [9.17, 15) is 4.79 Å². The van der Waals surface area contributed by atoms with Gasteiger partial charge in [-0.05, 0) is 25.5 Å². The number of benzene rings is 1. The van der Waals surface area contributed by atoms with Crippen molar-refractivity contribution < 1.29 is 9.53 Å². The zero-order chi connectivity index (χ0) is 15.9. The summed E-state index contributed by atoms with van der Waals surface area (Å²) in [6, 6.07) is 6.09. The van der Waals surface area contributed by atoms with E-state index in [1.807, 2.05) is 26.0 Å². The molecule has 0 atom stereocenters. The van der Waals surface area contributed by atoms with E-state index >= 15 is 0 Å². The predicted octanol–water partition coefficient (Wildman–Crippen LogP) is 2.21. The molecule has 2 N–H and O–H groups in total. The summed E-state index contributed by atoms with van der Waals surface area (Å²) in [4.78, 5) is 20.2. The third kappa shape index (κ3) is 4.26. The maximum absolute atomic E-state index is 11.8. The minimum Gasteiger partial charge on any atom is -0.383 e. The van der Waals surface area contributed by atoms with Gasteiger partial charge >= 0.3 is 0 Å². The van der Waals surface area contributed by atoms with Gasteiger partial charge in [0.25, 0.3) is 5.91 Å². The summed E-state index contributed by atoms with van der Waals surface area (Å²) in [6.45, 7) is 4.99. The van der Waals surface area contributed by atoms with E-state index in [4.69, 9.17) is 4.74 Å². The van der Waals surface area contributed by atoms with E-state index in [1.165, 1.54) is 18.0 Å². The number of anilines is 2. The fourth-order valence-corrected chi connectivity index (χ4v) is 1.95. The lowest BCUT2D eigenvalue weighted by Crippen LogP contribution is -2.27. The quantitative estimate of drug-likeness (QED) is 0.800. The van der Waals surface area contributed by atoms with Crippen LogP contribution in [0.1, 0.15) is 21.5 Å². The van der Waals surface area contributed by atoms with Crippen LogP contribution in [0.5, 0.6) is 0 Å². The standard InChI is InChI=1S/C16H20N4O2/c1-11-4-5-14(12(2)8-11)20-16-18-9-13(10-19-16)15(21)17-6-7-22-3/h4-5,8-10H,6-7H2,1-3H3,(H,17,21)(H,18,19,20). The number of ether oxygens (including phenoxy) is 1. The molecule has 0 saturated heterocycles. The average Bonchev–Trinajstić information content (AvgIpc) is 2.51. The van der Waals surface area contributed by atoms with E-state index in [0.29, 0.717) is 24.7 Å². The highest BCUT2D eigenvalue weighted by atomic mass is 16.5. The molecule has 1 heterocycles. The number of nitrogens with one attached hydrogen (secondary N) is 2. The number of amides is 1. The summed E-state index contributed by atoms with van der Waals surface area (Å²) in [5.74, 6) is 0.246. The molecule has 0 radical (unpaired) electrons. The van der Waals surface area contributed by atoms with E-state index in [-0.39, 0.29) is 5.91 Å². The van der Waals surface area contributed by atoms with Crippen LogP contribution in [-0.2, 0) is 4.74 Å². The molecule has 0 aliphatic rings. The fraction of sp³-hybridized carbons (Fsp3) is 0.312. The minimum atomic E-state index is -0.213. The zero-order valence-electron chi connectivity index (χ0n) is 13.0. The molecular formula is C16H20N4O2. The van der Waals surface area contributed by atoms with Gasteiger partial charge in [-0.15, -0.1) is 0 Å². The Bertz CT molecular complexity index is 641. The maximum Gasteiger partial charge on any atom is 0.254 e. The molecule has 2 aromatic rings. The summed E-state index contributed by atoms with van der Waals surface area (Å²) in [5, 5.41) is 5.86. The number of carbonyl (C=O) groups excluding carboxylic acids is 1. The largest absolute Gasteiger partial charge is 0.383 e. The van der Waals surface area contributed by atoms with E-state index in [0.717, 1.165) is 11.3 Å². The Hall–Kier alpha value is -2.47. The van der Waals surface area contributed by atoms with Crippen molar-refractivity contribution in [3.63, 3.8) is 0 Å². The molecule has 0 fully saturated rings. The molecule has 1 amide bonds. The second kappa shape index (κ2) is 7.51. The Morgan fingerprint density at radius 1 is 1.23 bits per heavy atom. The highest BCUT2D eigenvalue weighted by molar-refractivity contribution is 5.93. The average molecular weight is 300 g/mol. The number of hydrogen-bond donors (Lipinski definition) is 2. The van der Waals surface area contributed by atoms with Crippen LogP contribution in [0.2, 0.25) is 0 Å². The lowest BCUT2D eigenvalue weighted by atomic mass is 10.1. The van der Waals surface area contributed by atoms with Crippen molar-refractivity contribution >= 4 is 17.5 Å². The van der Waals surface area contributed by atoms with Crippen molar-refractivity contribution in [2.45, 2.75) is 13.8 Å². The molecule has 6 nitrogen and oxygen atoms in total. The zero-order valence-corrected chi connectivity index (χ0v) is 13.0. The number of hydrogen-bond acceptors (Lipinski definition) is 5. The molecular weight excluding hydrogens is 280 g/mol. The number of rotatable bonds is 6. The Kier molecular flexibility index (Phi) is 5.43. The first-order chi connectivity index (χ1) is 10.6. The Morgan fingerprint density at radius 3 is 2.59 bits per heavy atom. The van der Waals surface area contributed by atoms with Crippen LogP contribution in [0.15, 0.2) is 30.6 Å². The van der Waals surface area contributed by atoms with Gasteiger partial charge in [-0.25, -0.2) is 9.97 Å². The van der Waals surface area contributed by atoms with Crippen LogP contribution in [0.3, 0.4) is 0 Å². The van der Waals surface area contributed by atoms with Gasteiger partial charge in [0.2, 0.25) is 5.95 Å². The number of aryl methyl sites for hydroxylation is 2. The van der Waals surface area contributed by atoms with Gasteiger partial charge in [-0.1, -0.05) is 17.7 Å². The van der Waals surface area contributed by atoms with Gasteiger partial charge in [0.1, 0.15) is 0 Å². The molecule has 22 heavy (non-hydrogen) atoms. The van der Waals surface area contributed by atoms with Crippen molar-refractivity contribution in [2.75, 3.05) is 25.6 Å². The fourth-order valence-electron chi connectivity index (χ4n) is 1.95. The maximum atomic E-state index is 11.8. The second-order valence-electron chi connectivity index (χ2n) is 4.99. The smallest absolute Gasteiger partial charge is 0.254 e. The molecule has 0 spiro atoms. The van der Waals surface area contributed by atoms with Gasteiger partial charge < -0.3 is 15.4 Å². The molecule has 0 unspecified atom stereocenters. The molecule has 6 heteroatoms. The highest BCUT2D eigenvalue weighted by Crippen LogP contribution is 2.19. The first-order valence-corrected chi connectivity index (χ1v) is 7.03. The molecule has 0 saturated carbocycles. The molecule has 1 aromatic carbocycles. The number of nitrogens with zero attached hydrogens (tertiary/aromatic N) is 2. The monoisotopic (exact) mass is 300 g/mol. The summed E-state index contributed by atoms with van der Waals surface area (Å²) in [5.41, 5.74) is 3.68. The van der Waals surface area contributed by atoms with Gasteiger partial charge in [0.15, 0.2) is 0 Å². The molecule has 1 aromatic heterocycles. The Balaban J connectivity index is 2.01. The highest BCUT2D eigenvalue weighted by Gasteiger charge is 2.07. The van der Waals surface area contributed by atoms with E-state index < -0.39 is 0 Å². The van der Waals surface area contributed by atoms with Crippen molar-refractivity contribution in [1.82, 2.24) is 15.3 Å². The van der Waals surface area contributed by atoms with Crippen molar-refractivity contribution in [3.05, 3.63) is 47.3 Å². The lowest BCUT2D eigenvalue weighted by molar-refractivity contribution is 0.0936. The Labute approximate surface area is 129 Å². The summed E-state index contributed by atoms with van der Waals surface area (Å²) >= 11 is 0. The normalized spacial score (nSPS) is 10.3. The van der Waals surface area contributed by atoms with Crippen molar-refractivity contribution in [1.29, 1.82) is 0 Å². The second-order valence-corrected chi connectivity index (χ2v) is 4.99. The molecule has 116 valence electrons. The van der Waals surface area contributed by atoms with Crippen molar-refractivity contribution in [3.8, 4) is 0 Å². The number of aromatic nitrogens is 2. The van der Waals surface area contributed by atoms with Crippen molar-refractivity contribution in [2.24, 2.45) is 0 Å². The summed E-state index contributed by atoms with van der Waals surface area (Å²) in [6.07, 6.45) is 3.00. The van der Waals surface area contributed by atoms with Crippen LogP contribution in [0.4, 0.5) is 11.6 Å². The Morgan fingerprint density at radius 2 is 1.95 bits per heavy atom. The predicted molar refractivity (Wildman–Crippen MR) is 85.4 cm³/mol. The SMILES string of the molecule is COCCNC(=O)c1cnc(Nc2ccc(C)cc2C)nc1. The minimum absolute atomic E-state index is 0.213. The summed E-state index contributed by atoms with van der Waals surface area (Å²) in [7, 11) is 1.59. The van der Waals surface area contributed by atoms with E-state index in [2.05, 4.69) is 26.7 Å². The van der Waals surface area contributed by atoms with Gasteiger partial charge in [0.05, 0.1) is 12.2 Å².